The fourth-order valence-corrected chi connectivity index (χ4v) is 2.75. The molecule has 0 fully saturated rings. The standard InChI is InChI=1S/C12H11Cl2N7O/c13-9-1-2-10(11(14)3-9)12(22,4-20-8-15-6-17-20)5-21-18-7-16-19-21/h1-3,6-8,22H,4-5H2. The Morgan fingerprint density at radius 1 is 1.14 bits per heavy atom. The summed E-state index contributed by atoms with van der Waals surface area (Å²) in [6.45, 7) is 0.171. The number of aromatic nitrogens is 7. The largest absolute Gasteiger partial charge is 0.381 e. The highest BCUT2D eigenvalue weighted by molar-refractivity contribution is 6.35. The lowest BCUT2D eigenvalue weighted by Crippen LogP contribution is -2.37. The molecule has 0 aliphatic heterocycles. The van der Waals surface area contributed by atoms with Crippen LogP contribution in [0.4, 0.5) is 0 Å². The van der Waals surface area contributed by atoms with E-state index in [0.29, 0.717) is 15.6 Å². The Labute approximate surface area is 135 Å². The summed E-state index contributed by atoms with van der Waals surface area (Å²) in [5.41, 5.74) is -0.915. The highest BCUT2D eigenvalue weighted by Gasteiger charge is 2.34. The van der Waals surface area contributed by atoms with E-state index in [1.165, 1.54) is 28.5 Å². The molecular formula is C12H11Cl2N7O. The van der Waals surface area contributed by atoms with Crippen LogP contribution in [0.1, 0.15) is 5.56 Å². The molecule has 0 spiro atoms. The summed E-state index contributed by atoms with van der Waals surface area (Å²) >= 11 is 12.2. The number of nitrogens with zero attached hydrogens (tertiary/aromatic N) is 7. The van der Waals surface area contributed by atoms with Crippen molar-refractivity contribution < 1.29 is 5.11 Å². The summed E-state index contributed by atoms with van der Waals surface area (Å²) in [5, 5.41) is 27.3. The van der Waals surface area contributed by atoms with E-state index in [0.717, 1.165) is 0 Å². The molecule has 3 aromatic rings. The Bertz CT molecular complexity index is 709. The van der Waals surface area contributed by atoms with E-state index in [1.54, 1.807) is 18.2 Å². The average molecular weight is 340 g/mol. The van der Waals surface area contributed by atoms with Gasteiger partial charge in [-0.15, -0.1) is 10.2 Å². The van der Waals surface area contributed by atoms with Gasteiger partial charge in [0.15, 0.2) is 6.33 Å². The summed E-state index contributed by atoms with van der Waals surface area (Å²) < 4.78 is 1.50. The van der Waals surface area contributed by atoms with Crippen molar-refractivity contribution in [1.82, 2.24) is 35.0 Å². The summed E-state index contributed by atoms with van der Waals surface area (Å²) in [4.78, 5) is 5.15. The second-order valence-corrected chi connectivity index (χ2v) is 5.56. The molecule has 0 aliphatic rings. The molecule has 10 heteroatoms. The molecule has 8 nitrogen and oxygen atoms in total. The second-order valence-electron chi connectivity index (χ2n) is 4.72. The number of hydrogen-bond acceptors (Lipinski definition) is 6. The molecule has 0 saturated carbocycles. The maximum Gasteiger partial charge on any atom is 0.162 e. The van der Waals surface area contributed by atoms with Gasteiger partial charge in [0.25, 0.3) is 0 Å². The number of aliphatic hydroxyl groups is 1. The average Bonchev–Trinajstić information content (AvgIpc) is 3.12. The van der Waals surface area contributed by atoms with E-state index in [4.69, 9.17) is 23.2 Å². The van der Waals surface area contributed by atoms with Crippen molar-refractivity contribution >= 4 is 23.2 Å². The van der Waals surface area contributed by atoms with Gasteiger partial charge in [0.1, 0.15) is 18.3 Å². The number of tetrazole rings is 1. The third kappa shape index (κ3) is 3.08. The number of halogens is 2. The maximum absolute atomic E-state index is 11.2. The van der Waals surface area contributed by atoms with Crippen molar-refractivity contribution in [1.29, 1.82) is 0 Å². The summed E-state index contributed by atoms with van der Waals surface area (Å²) in [7, 11) is 0. The van der Waals surface area contributed by atoms with Crippen LogP contribution in [0.25, 0.3) is 0 Å². The minimum Gasteiger partial charge on any atom is -0.381 e. The minimum atomic E-state index is -1.41. The second kappa shape index (κ2) is 5.99. The van der Waals surface area contributed by atoms with Gasteiger partial charge in [-0.3, -0.25) is 0 Å². The monoisotopic (exact) mass is 339 g/mol. The van der Waals surface area contributed by atoms with Gasteiger partial charge in [0, 0.05) is 15.6 Å². The van der Waals surface area contributed by atoms with Crippen LogP contribution < -0.4 is 0 Å². The summed E-state index contributed by atoms with van der Waals surface area (Å²) in [5.74, 6) is 0. The van der Waals surface area contributed by atoms with Gasteiger partial charge in [0.2, 0.25) is 0 Å². The Morgan fingerprint density at radius 2 is 2.00 bits per heavy atom. The normalized spacial score (nSPS) is 14.0. The minimum absolute atomic E-state index is 0.0498. The smallest absolute Gasteiger partial charge is 0.162 e. The molecule has 1 unspecified atom stereocenters. The van der Waals surface area contributed by atoms with E-state index >= 15 is 0 Å². The van der Waals surface area contributed by atoms with Crippen molar-refractivity contribution in [3.63, 3.8) is 0 Å². The van der Waals surface area contributed by atoms with Crippen LogP contribution in [0.2, 0.25) is 10.0 Å². The molecule has 0 saturated heterocycles. The lowest BCUT2D eigenvalue weighted by Gasteiger charge is -2.28. The Morgan fingerprint density at radius 3 is 2.64 bits per heavy atom. The van der Waals surface area contributed by atoms with Crippen molar-refractivity contribution in [3.8, 4) is 0 Å². The highest BCUT2D eigenvalue weighted by atomic mass is 35.5. The quantitative estimate of drug-likeness (QED) is 0.749. The van der Waals surface area contributed by atoms with Crippen LogP contribution in [0.15, 0.2) is 37.2 Å². The maximum atomic E-state index is 11.2. The Hall–Kier alpha value is -2.03. The first-order valence-electron chi connectivity index (χ1n) is 6.28. The Kier molecular flexibility index (Phi) is 4.06. The molecule has 114 valence electrons. The van der Waals surface area contributed by atoms with Crippen LogP contribution in [-0.2, 0) is 18.7 Å². The first kappa shape index (κ1) is 14.9. The number of hydrogen-bond donors (Lipinski definition) is 1. The number of benzene rings is 1. The topological polar surface area (TPSA) is 94.5 Å². The SMILES string of the molecule is OC(Cn1cncn1)(Cn1ncnn1)c1ccc(Cl)cc1Cl. The van der Waals surface area contributed by atoms with Gasteiger partial charge in [-0.1, -0.05) is 29.3 Å². The molecule has 1 aromatic carbocycles. The fraction of sp³-hybridized carbons (Fsp3) is 0.250. The Balaban J connectivity index is 2.01. The highest BCUT2D eigenvalue weighted by Crippen LogP contribution is 2.32. The lowest BCUT2D eigenvalue weighted by molar-refractivity contribution is -0.00930. The van der Waals surface area contributed by atoms with Gasteiger partial charge in [-0.2, -0.15) is 9.90 Å². The lowest BCUT2D eigenvalue weighted by atomic mass is 9.93. The third-order valence-corrected chi connectivity index (χ3v) is 3.66. The van der Waals surface area contributed by atoms with Gasteiger partial charge < -0.3 is 5.11 Å². The predicted octanol–water partition coefficient (Wildman–Crippen LogP) is 1.16. The predicted molar refractivity (Wildman–Crippen MR) is 78.2 cm³/mol. The van der Waals surface area contributed by atoms with Gasteiger partial charge in [-0.25, -0.2) is 9.67 Å². The van der Waals surface area contributed by atoms with Crippen LogP contribution >= 0.6 is 23.2 Å². The van der Waals surface area contributed by atoms with E-state index in [-0.39, 0.29) is 13.1 Å². The van der Waals surface area contributed by atoms with E-state index in [1.807, 2.05) is 0 Å². The zero-order valence-electron chi connectivity index (χ0n) is 11.2. The molecule has 1 atom stereocenters. The van der Waals surface area contributed by atoms with E-state index in [9.17, 15) is 5.11 Å². The van der Waals surface area contributed by atoms with Crippen LogP contribution in [-0.4, -0.2) is 40.1 Å². The first-order valence-corrected chi connectivity index (χ1v) is 7.03. The van der Waals surface area contributed by atoms with Gasteiger partial charge in [0.05, 0.1) is 13.1 Å². The van der Waals surface area contributed by atoms with Crippen LogP contribution in [0, 0.1) is 0 Å². The molecule has 1 N–H and O–H groups in total. The molecule has 3 rings (SSSR count). The zero-order valence-corrected chi connectivity index (χ0v) is 12.7. The van der Waals surface area contributed by atoms with Crippen LogP contribution in [0.3, 0.4) is 0 Å². The van der Waals surface area contributed by atoms with E-state index < -0.39 is 5.60 Å². The molecule has 22 heavy (non-hydrogen) atoms. The van der Waals surface area contributed by atoms with Gasteiger partial charge >= 0.3 is 0 Å². The van der Waals surface area contributed by atoms with E-state index in [2.05, 4.69) is 25.5 Å². The van der Waals surface area contributed by atoms with Gasteiger partial charge in [-0.05, 0) is 17.3 Å². The molecule has 0 amide bonds. The first-order chi connectivity index (χ1) is 10.6. The fourth-order valence-electron chi connectivity index (χ4n) is 2.16. The van der Waals surface area contributed by atoms with Crippen molar-refractivity contribution in [3.05, 3.63) is 52.8 Å². The van der Waals surface area contributed by atoms with Crippen molar-refractivity contribution in [2.75, 3.05) is 0 Å². The van der Waals surface area contributed by atoms with Crippen molar-refractivity contribution in [2.24, 2.45) is 0 Å². The van der Waals surface area contributed by atoms with Crippen LogP contribution in [0.5, 0.6) is 0 Å². The summed E-state index contributed by atoms with van der Waals surface area (Å²) in [6.07, 6.45) is 4.18. The molecule has 0 aliphatic carbocycles. The molecular weight excluding hydrogens is 329 g/mol. The molecule has 0 radical (unpaired) electrons. The summed E-state index contributed by atoms with van der Waals surface area (Å²) in [6, 6.07) is 4.89. The molecule has 2 aromatic heterocycles. The zero-order chi connectivity index (χ0) is 15.6. The molecule has 0 bridgehead atoms. The third-order valence-electron chi connectivity index (χ3n) is 3.12. The molecule has 2 heterocycles. The number of rotatable bonds is 5. The van der Waals surface area contributed by atoms with Crippen molar-refractivity contribution in [2.45, 2.75) is 18.7 Å².